The zero-order valence-electron chi connectivity index (χ0n) is 12.0. The van der Waals surface area contributed by atoms with Gasteiger partial charge in [-0.15, -0.1) is 11.3 Å². The molecule has 0 spiro atoms. The van der Waals surface area contributed by atoms with Crippen molar-refractivity contribution in [2.24, 2.45) is 5.73 Å². The second-order valence-corrected chi connectivity index (χ2v) is 6.36. The number of amides is 1. The third-order valence-electron chi connectivity index (χ3n) is 3.84. The largest absolute Gasteiger partial charge is 0.369 e. The van der Waals surface area contributed by atoms with Crippen molar-refractivity contribution in [2.75, 3.05) is 25.0 Å². The van der Waals surface area contributed by atoms with E-state index in [9.17, 15) is 4.79 Å². The molecule has 7 heteroatoms. The summed E-state index contributed by atoms with van der Waals surface area (Å²) in [5.74, 6) is 0.666. The zero-order valence-corrected chi connectivity index (χ0v) is 12.8. The highest BCUT2D eigenvalue weighted by Crippen LogP contribution is 2.29. The van der Waals surface area contributed by atoms with Crippen LogP contribution < -0.4 is 11.1 Å². The summed E-state index contributed by atoms with van der Waals surface area (Å²) >= 11 is 1.68. The van der Waals surface area contributed by atoms with E-state index in [4.69, 9.17) is 5.73 Å². The maximum atomic E-state index is 10.9. The highest BCUT2D eigenvalue weighted by molar-refractivity contribution is 7.18. The molecule has 3 rings (SSSR count). The molecule has 112 valence electrons. The van der Waals surface area contributed by atoms with Crippen LogP contribution in [0.2, 0.25) is 0 Å². The fourth-order valence-corrected chi connectivity index (χ4v) is 3.68. The van der Waals surface area contributed by atoms with Crippen molar-refractivity contribution in [2.45, 2.75) is 25.8 Å². The Morgan fingerprint density at radius 3 is 2.95 bits per heavy atom. The van der Waals surface area contributed by atoms with E-state index in [1.165, 1.54) is 5.56 Å². The first-order chi connectivity index (χ1) is 10.1. The van der Waals surface area contributed by atoms with E-state index in [1.54, 1.807) is 17.7 Å². The number of aromatic nitrogens is 2. The molecule has 2 aromatic rings. The van der Waals surface area contributed by atoms with Crippen molar-refractivity contribution >= 4 is 33.3 Å². The second-order valence-electron chi connectivity index (χ2n) is 5.48. The molecule has 0 saturated carbocycles. The molecule has 6 nitrogen and oxygen atoms in total. The second kappa shape index (κ2) is 5.95. The van der Waals surface area contributed by atoms with E-state index in [-0.39, 0.29) is 5.91 Å². The summed E-state index contributed by atoms with van der Waals surface area (Å²) in [4.78, 5) is 21.8. The number of hydrogen-bond donors (Lipinski definition) is 2. The maximum absolute atomic E-state index is 10.9. The summed E-state index contributed by atoms with van der Waals surface area (Å²) in [5.41, 5.74) is 7.46. The number of hydrogen-bond acceptors (Lipinski definition) is 6. The van der Waals surface area contributed by atoms with Crippen LogP contribution in [0.3, 0.4) is 0 Å². The van der Waals surface area contributed by atoms with Gasteiger partial charge < -0.3 is 11.1 Å². The lowest BCUT2D eigenvalue weighted by Crippen LogP contribution is -2.43. The third-order valence-corrected chi connectivity index (χ3v) is 4.93. The van der Waals surface area contributed by atoms with Crippen molar-refractivity contribution in [3.63, 3.8) is 0 Å². The number of rotatable bonds is 4. The Hall–Kier alpha value is -1.73. The van der Waals surface area contributed by atoms with Crippen LogP contribution in [0.5, 0.6) is 0 Å². The number of carbonyl (C=O) groups is 1. The zero-order chi connectivity index (χ0) is 14.8. The van der Waals surface area contributed by atoms with Crippen LogP contribution in [0.15, 0.2) is 11.7 Å². The van der Waals surface area contributed by atoms with E-state index >= 15 is 0 Å². The Morgan fingerprint density at radius 2 is 2.24 bits per heavy atom. The summed E-state index contributed by atoms with van der Waals surface area (Å²) in [6.45, 7) is 4.20. The van der Waals surface area contributed by atoms with Crippen molar-refractivity contribution in [1.29, 1.82) is 0 Å². The topological polar surface area (TPSA) is 84.1 Å². The Balaban J connectivity index is 1.66. The van der Waals surface area contributed by atoms with Crippen LogP contribution in [-0.4, -0.2) is 46.5 Å². The number of nitrogens with zero attached hydrogens (tertiary/aromatic N) is 3. The predicted octanol–water partition coefficient (Wildman–Crippen LogP) is 1.36. The fourth-order valence-electron chi connectivity index (χ4n) is 2.72. The van der Waals surface area contributed by atoms with Crippen LogP contribution in [0, 0.1) is 6.92 Å². The van der Waals surface area contributed by atoms with Gasteiger partial charge in [-0.2, -0.15) is 0 Å². The average Bonchev–Trinajstić information content (AvgIpc) is 2.83. The first-order valence-electron chi connectivity index (χ1n) is 7.09. The molecule has 1 aliphatic heterocycles. The average molecular weight is 305 g/mol. The Kier molecular flexibility index (Phi) is 4.03. The minimum Gasteiger partial charge on any atom is -0.369 e. The molecule has 1 amide bonds. The molecule has 1 aliphatic rings. The van der Waals surface area contributed by atoms with Gasteiger partial charge in [0, 0.05) is 19.1 Å². The smallest absolute Gasteiger partial charge is 0.231 e. The van der Waals surface area contributed by atoms with Crippen molar-refractivity contribution in [3.05, 3.63) is 17.3 Å². The molecule has 2 aromatic heterocycles. The fraction of sp³-hybridized carbons (Fsp3) is 0.500. The normalized spacial score (nSPS) is 17.2. The quantitative estimate of drug-likeness (QED) is 0.891. The number of carbonyl (C=O) groups excluding carboxylic acids is 1. The molecular formula is C14H19N5OS. The SMILES string of the molecule is Cc1csc2c(NC3CCN(CC(N)=O)CC3)ncnc12. The predicted molar refractivity (Wildman–Crippen MR) is 84.4 cm³/mol. The number of aryl methyl sites for hydroxylation is 1. The van der Waals surface area contributed by atoms with Gasteiger partial charge in [-0.05, 0) is 30.7 Å². The van der Waals surface area contributed by atoms with Gasteiger partial charge in [0.25, 0.3) is 0 Å². The molecule has 3 N–H and O–H groups in total. The Morgan fingerprint density at radius 1 is 1.48 bits per heavy atom. The summed E-state index contributed by atoms with van der Waals surface area (Å²) < 4.78 is 1.12. The number of nitrogens with two attached hydrogens (primary N) is 1. The number of piperidine rings is 1. The van der Waals surface area contributed by atoms with Crippen LogP contribution in [0.1, 0.15) is 18.4 Å². The van der Waals surface area contributed by atoms with E-state index in [0.29, 0.717) is 12.6 Å². The number of thiophene rings is 1. The van der Waals surface area contributed by atoms with Crippen LogP contribution in [0.25, 0.3) is 10.2 Å². The van der Waals surface area contributed by atoms with E-state index in [2.05, 4.69) is 32.5 Å². The minimum absolute atomic E-state index is 0.257. The van der Waals surface area contributed by atoms with Gasteiger partial charge in [0.2, 0.25) is 5.91 Å². The van der Waals surface area contributed by atoms with E-state index in [0.717, 1.165) is 42.0 Å². The molecule has 0 atom stereocenters. The molecule has 0 aliphatic carbocycles. The molecular weight excluding hydrogens is 286 g/mol. The molecule has 21 heavy (non-hydrogen) atoms. The van der Waals surface area contributed by atoms with E-state index < -0.39 is 0 Å². The van der Waals surface area contributed by atoms with Crippen LogP contribution >= 0.6 is 11.3 Å². The summed E-state index contributed by atoms with van der Waals surface area (Å²) in [6, 6.07) is 0.384. The molecule has 1 saturated heterocycles. The van der Waals surface area contributed by atoms with Gasteiger partial charge in [0.1, 0.15) is 12.1 Å². The number of anilines is 1. The van der Waals surface area contributed by atoms with Crippen molar-refractivity contribution in [1.82, 2.24) is 14.9 Å². The molecule has 0 unspecified atom stereocenters. The first kappa shape index (κ1) is 14.2. The number of fused-ring (bicyclic) bond motifs is 1. The summed E-state index contributed by atoms with van der Waals surface area (Å²) in [5, 5.41) is 5.64. The number of likely N-dealkylation sites (tertiary alicyclic amines) is 1. The van der Waals surface area contributed by atoms with Gasteiger partial charge in [-0.25, -0.2) is 9.97 Å². The van der Waals surface area contributed by atoms with Crippen LogP contribution in [-0.2, 0) is 4.79 Å². The molecule has 3 heterocycles. The van der Waals surface area contributed by atoms with Gasteiger partial charge in [-0.1, -0.05) is 0 Å². The van der Waals surface area contributed by atoms with Gasteiger partial charge in [0.05, 0.1) is 16.8 Å². The Bertz CT molecular complexity index is 648. The lowest BCUT2D eigenvalue weighted by atomic mass is 10.1. The van der Waals surface area contributed by atoms with Crippen molar-refractivity contribution < 1.29 is 4.79 Å². The lowest BCUT2D eigenvalue weighted by molar-refractivity contribution is -0.119. The van der Waals surface area contributed by atoms with Gasteiger partial charge in [0.15, 0.2) is 0 Å². The lowest BCUT2D eigenvalue weighted by Gasteiger charge is -2.31. The van der Waals surface area contributed by atoms with Gasteiger partial charge in [-0.3, -0.25) is 9.69 Å². The van der Waals surface area contributed by atoms with E-state index in [1.807, 2.05) is 0 Å². The van der Waals surface area contributed by atoms with Crippen molar-refractivity contribution in [3.8, 4) is 0 Å². The molecule has 0 aromatic carbocycles. The monoisotopic (exact) mass is 305 g/mol. The highest BCUT2D eigenvalue weighted by atomic mass is 32.1. The molecule has 0 radical (unpaired) electrons. The standard InChI is InChI=1S/C14H19N5OS/c1-9-7-21-13-12(9)16-8-17-14(13)18-10-2-4-19(5-3-10)6-11(15)20/h7-8,10H,2-6H2,1H3,(H2,15,20)(H,16,17,18). The summed E-state index contributed by atoms with van der Waals surface area (Å²) in [6.07, 6.45) is 3.60. The molecule has 1 fully saturated rings. The number of primary amides is 1. The Labute approximate surface area is 127 Å². The number of nitrogens with one attached hydrogen (secondary N) is 1. The first-order valence-corrected chi connectivity index (χ1v) is 7.97. The third kappa shape index (κ3) is 3.14. The maximum Gasteiger partial charge on any atom is 0.231 e. The highest BCUT2D eigenvalue weighted by Gasteiger charge is 2.21. The van der Waals surface area contributed by atoms with Gasteiger partial charge >= 0.3 is 0 Å². The van der Waals surface area contributed by atoms with Crippen LogP contribution in [0.4, 0.5) is 5.82 Å². The molecule has 0 bridgehead atoms. The minimum atomic E-state index is -0.257. The summed E-state index contributed by atoms with van der Waals surface area (Å²) in [7, 11) is 0.